The van der Waals surface area contributed by atoms with Crippen molar-refractivity contribution < 1.29 is 55.7 Å². The summed E-state index contributed by atoms with van der Waals surface area (Å²) in [5, 5.41) is 29.4. The van der Waals surface area contributed by atoms with Crippen LogP contribution in [0.4, 0.5) is 26.3 Å². The lowest BCUT2D eigenvalue weighted by atomic mass is 9.98. The Morgan fingerprint density at radius 1 is 0.822 bits per heavy atom. The van der Waals surface area contributed by atoms with Gasteiger partial charge in [0.15, 0.2) is 0 Å². The van der Waals surface area contributed by atoms with Gasteiger partial charge in [-0.2, -0.15) is 26.3 Å². The number of aromatic nitrogens is 1. The molecule has 0 atom stereocenters. The van der Waals surface area contributed by atoms with Gasteiger partial charge in [-0.3, -0.25) is 10.8 Å². The summed E-state index contributed by atoms with van der Waals surface area (Å²) in [4.78, 5) is 33.9. The minimum atomic E-state index is -5.08. The van der Waals surface area contributed by atoms with Gasteiger partial charge in [-0.15, -0.1) is 0 Å². The first-order chi connectivity index (χ1) is 20.6. The monoisotopic (exact) mass is 645 g/mol. The molecule has 3 aromatic rings. The van der Waals surface area contributed by atoms with Crippen LogP contribution in [0, 0.1) is 10.8 Å². The molecular formula is C28H29F6N5O6. The highest BCUT2D eigenvalue weighted by atomic mass is 19.4. The van der Waals surface area contributed by atoms with Gasteiger partial charge in [0.1, 0.15) is 11.7 Å². The number of esters is 1. The number of ether oxygens (including phenoxy) is 1. The van der Waals surface area contributed by atoms with Gasteiger partial charge in [-0.05, 0) is 43.0 Å². The average molecular weight is 646 g/mol. The van der Waals surface area contributed by atoms with E-state index in [9.17, 15) is 31.1 Å². The standard InChI is InChI=1S/C24H27N5O2.2C2HF3O2/c1-14(2)31-24(30)21-19(10-15-6-8-17(9-7-15)22(25)26)13-29-20(21)12-16-4-3-5-18(11-16)23(27)28;2*3-2(4,5)1(6)7/h3-9,11,13-14,29H,10,12H2,1-2H3,(H3,25,26)(H3,27,28);2*(H,6,7). The molecule has 0 radical (unpaired) electrons. The second kappa shape index (κ2) is 15.9. The Morgan fingerprint density at radius 3 is 1.73 bits per heavy atom. The summed E-state index contributed by atoms with van der Waals surface area (Å²) in [7, 11) is 0. The van der Waals surface area contributed by atoms with Crippen LogP contribution in [-0.2, 0) is 27.2 Å². The number of aliphatic carboxylic acids is 2. The Balaban J connectivity index is 0.000000601. The van der Waals surface area contributed by atoms with E-state index in [1.54, 1.807) is 18.2 Å². The summed E-state index contributed by atoms with van der Waals surface area (Å²) in [5.74, 6) is -5.86. The number of H-pyrrole nitrogens is 1. The lowest BCUT2D eigenvalue weighted by molar-refractivity contribution is -0.193. The Hall–Kier alpha value is -5.35. The Morgan fingerprint density at radius 2 is 1.31 bits per heavy atom. The third-order valence-electron chi connectivity index (χ3n) is 5.35. The second-order valence-corrected chi connectivity index (χ2v) is 9.31. The molecule has 0 bridgehead atoms. The first kappa shape index (κ1) is 37.7. The lowest BCUT2D eigenvalue weighted by Gasteiger charge is -2.12. The number of nitrogens with two attached hydrogens (primary N) is 2. The number of hydrogen-bond acceptors (Lipinski definition) is 6. The third-order valence-corrected chi connectivity index (χ3v) is 5.35. The number of carboxylic acid groups (broad SMARTS) is 2. The molecule has 1 heterocycles. The molecule has 0 aliphatic carbocycles. The molecule has 45 heavy (non-hydrogen) atoms. The number of nitrogens with one attached hydrogen (secondary N) is 3. The summed E-state index contributed by atoms with van der Waals surface area (Å²) in [6.07, 6.45) is -7.56. The average Bonchev–Trinajstić information content (AvgIpc) is 3.30. The number of nitrogen functional groups attached to an aromatic ring is 2. The highest BCUT2D eigenvalue weighted by Crippen LogP contribution is 2.23. The van der Waals surface area contributed by atoms with Crippen LogP contribution in [0.15, 0.2) is 54.7 Å². The van der Waals surface area contributed by atoms with Crippen molar-refractivity contribution in [2.75, 3.05) is 0 Å². The van der Waals surface area contributed by atoms with Crippen molar-refractivity contribution in [3.63, 3.8) is 0 Å². The summed E-state index contributed by atoms with van der Waals surface area (Å²) in [6.45, 7) is 3.64. The van der Waals surface area contributed by atoms with E-state index in [0.29, 0.717) is 29.5 Å². The maximum Gasteiger partial charge on any atom is 0.490 e. The van der Waals surface area contributed by atoms with E-state index in [1.165, 1.54) is 0 Å². The van der Waals surface area contributed by atoms with Crippen molar-refractivity contribution in [3.05, 3.63) is 93.8 Å². The molecule has 0 saturated heterocycles. The van der Waals surface area contributed by atoms with E-state index >= 15 is 0 Å². The number of carbonyl (C=O) groups excluding carboxylic acids is 1. The maximum absolute atomic E-state index is 12.9. The zero-order chi connectivity index (χ0) is 34.7. The molecule has 0 spiro atoms. The molecule has 9 N–H and O–H groups in total. The van der Waals surface area contributed by atoms with Gasteiger partial charge in [-0.1, -0.05) is 42.5 Å². The minimum Gasteiger partial charge on any atom is -0.475 e. The first-order valence-corrected chi connectivity index (χ1v) is 12.5. The smallest absolute Gasteiger partial charge is 0.475 e. The number of carboxylic acids is 2. The van der Waals surface area contributed by atoms with Crippen molar-refractivity contribution in [2.45, 2.75) is 45.1 Å². The zero-order valence-electron chi connectivity index (χ0n) is 23.6. The van der Waals surface area contributed by atoms with Crippen molar-refractivity contribution in [1.29, 1.82) is 10.8 Å². The number of benzene rings is 2. The van der Waals surface area contributed by atoms with E-state index in [1.807, 2.05) is 50.4 Å². The van der Waals surface area contributed by atoms with Crippen molar-refractivity contribution >= 4 is 29.6 Å². The quantitative estimate of drug-likeness (QED) is 0.0793. The van der Waals surface area contributed by atoms with E-state index in [0.717, 1.165) is 22.4 Å². The number of carbonyl (C=O) groups is 3. The van der Waals surface area contributed by atoms with Crippen LogP contribution < -0.4 is 11.5 Å². The normalized spacial score (nSPS) is 11.0. The highest BCUT2D eigenvalue weighted by Gasteiger charge is 2.38. The molecule has 0 aliphatic rings. The predicted molar refractivity (Wildman–Crippen MR) is 149 cm³/mol. The highest BCUT2D eigenvalue weighted by molar-refractivity contribution is 5.96. The fraction of sp³-hybridized carbons (Fsp3) is 0.250. The fourth-order valence-corrected chi connectivity index (χ4v) is 3.39. The Kier molecular flexibility index (Phi) is 13.3. The van der Waals surface area contributed by atoms with Crippen LogP contribution in [0.3, 0.4) is 0 Å². The third kappa shape index (κ3) is 12.8. The molecule has 0 fully saturated rings. The summed E-state index contributed by atoms with van der Waals surface area (Å²) in [6, 6.07) is 14.8. The number of alkyl halides is 6. The van der Waals surface area contributed by atoms with E-state index in [2.05, 4.69) is 4.98 Å². The van der Waals surface area contributed by atoms with Gasteiger partial charge >= 0.3 is 30.3 Å². The van der Waals surface area contributed by atoms with Gasteiger partial charge in [0.05, 0.1) is 11.7 Å². The molecule has 244 valence electrons. The summed E-state index contributed by atoms with van der Waals surface area (Å²) >= 11 is 0. The number of aromatic amines is 1. The topological polar surface area (TPSA) is 216 Å². The van der Waals surface area contributed by atoms with Crippen LogP contribution in [0.2, 0.25) is 0 Å². The van der Waals surface area contributed by atoms with Gasteiger partial charge in [0.25, 0.3) is 0 Å². The Bertz CT molecular complexity index is 1490. The predicted octanol–water partition coefficient (Wildman–Crippen LogP) is 4.60. The maximum atomic E-state index is 12.9. The van der Waals surface area contributed by atoms with Gasteiger partial charge in [0, 0.05) is 29.4 Å². The molecule has 2 aromatic carbocycles. The molecule has 0 unspecified atom stereocenters. The van der Waals surface area contributed by atoms with Crippen molar-refractivity contribution in [2.24, 2.45) is 11.5 Å². The van der Waals surface area contributed by atoms with E-state index in [4.69, 9.17) is 46.8 Å². The molecule has 1 aromatic heterocycles. The van der Waals surface area contributed by atoms with Crippen LogP contribution in [0.5, 0.6) is 0 Å². The molecule has 11 nitrogen and oxygen atoms in total. The SMILES string of the molecule is CC(C)OC(=O)c1c(Cc2ccc(C(=N)N)cc2)c[nH]c1Cc1cccc(C(=N)N)c1.O=C(O)C(F)(F)F.O=C(O)C(F)(F)F. The van der Waals surface area contributed by atoms with Crippen LogP contribution >= 0.6 is 0 Å². The van der Waals surface area contributed by atoms with Crippen molar-refractivity contribution in [1.82, 2.24) is 4.98 Å². The molecular weight excluding hydrogens is 616 g/mol. The second-order valence-electron chi connectivity index (χ2n) is 9.31. The first-order valence-electron chi connectivity index (χ1n) is 12.5. The molecule has 0 amide bonds. The van der Waals surface area contributed by atoms with Crippen LogP contribution in [0.25, 0.3) is 0 Å². The largest absolute Gasteiger partial charge is 0.490 e. The number of hydrogen-bond donors (Lipinski definition) is 7. The fourth-order valence-electron chi connectivity index (χ4n) is 3.39. The number of halogens is 6. The van der Waals surface area contributed by atoms with Crippen LogP contribution in [0.1, 0.15) is 57.7 Å². The van der Waals surface area contributed by atoms with Gasteiger partial charge in [0.2, 0.25) is 0 Å². The van der Waals surface area contributed by atoms with E-state index < -0.39 is 24.3 Å². The molecule has 3 rings (SSSR count). The Labute approximate surface area is 251 Å². The van der Waals surface area contributed by atoms with E-state index in [-0.39, 0.29) is 23.7 Å². The molecule has 0 aliphatic heterocycles. The number of rotatable bonds is 8. The lowest BCUT2D eigenvalue weighted by Crippen LogP contribution is -2.21. The molecule has 17 heteroatoms. The van der Waals surface area contributed by atoms with Crippen molar-refractivity contribution in [3.8, 4) is 0 Å². The summed E-state index contributed by atoms with van der Waals surface area (Å²) in [5.41, 5.74) is 16.5. The zero-order valence-corrected chi connectivity index (χ0v) is 23.6. The summed E-state index contributed by atoms with van der Waals surface area (Å²) < 4.78 is 69.0. The molecule has 0 saturated carbocycles. The van der Waals surface area contributed by atoms with Gasteiger partial charge in [-0.25, -0.2) is 14.4 Å². The van der Waals surface area contributed by atoms with Crippen LogP contribution in [-0.4, -0.2) is 63.2 Å². The van der Waals surface area contributed by atoms with Gasteiger partial charge < -0.3 is 31.4 Å². The number of amidine groups is 2. The minimum absolute atomic E-state index is 0.00229.